The van der Waals surface area contributed by atoms with Crippen molar-refractivity contribution in [1.29, 1.82) is 0 Å². The number of carbonyl (C=O) groups is 2. The molecule has 2 aromatic rings. The highest BCUT2D eigenvalue weighted by molar-refractivity contribution is 5.99. The van der Waals surface area contributed by atoms with E-state index in [9.17, 15) is 9.59 Å². The number of pyridine rings is 1. The maximum Gasteiger partial charge on any atom is 0.274 e. The Bertz CT molecular complexity index is 834. The van der Waals surface area contributed by atoms with Crippen LogP contribution in [0.3, 0.4) is 0 Å². The highest BCUT2D eigenvalue weighted by Gasteiger charge is 2.36. The average Bonchev–Trinajstić information content (AvgIpc) is 3.23. The second kappa shape index (κ2) is 8.42. The minimum atomic E-state index is -0.690. The molecule has 2 amide bonds. The summed E-state index contributed by atoms with van der Waals surface area (Å²) in [5, 5.41) is 3.10. The quantitative estimate of drug-likeness (QED) is 0.835. The molecule has 6 nitrogen and oxygen atoms in total. The van der Waals surface area contributed by atoms with Crippen LogP contribution in [-0.4, -0.2) is 29.4 Å². The van der Waals surface area contributed by atoms with Gasteiger partial charge in [-0.2, -0.15) is 0 Å². The third kappa shape index (κ3) is 4.01. The monoisotopic (exact) mass is 379 g/mol. The van der Waals surface area contributed by atoms with Gasteiger partial charge in [-0.05, 0) is 31.4 Å². The van der Waals surface area contributed by atoms with Crippen LogP contribution >= 0.6 is 0 Å². The van der Waals surface area contributed by atoms with Crippen molar-refractivity contribution in [1.82, 2.24) is 10.3 Å². The molecular formula is C22H25N3O3. The van der Waals surface area contributed by atoms with Gasteiger partial charge in [0.2, 0.25) is 12.0 Å². The lowest BCUT2D eigenvalue weighted by Gasteiger charge is -2.33. The van der Waals surface area contributed by atoms with Crippen molar-refractivity contribution in [2.24, 2.45) is 0 Å². The second-order valence-corrected chi connectivity index (χ2v) is 7.38. The Labute approximate surface area is 164 Å². The fourth-order valence-corrected chi connectivity index (χ4v) is 3.92. The van der Waals surface area contributed by atoms with E-state index in [4.69, 9.17) is 4.74 Å². The van der Waals surface area contributed by atoms with E-state index in [1.807, 2.05) is 36.4 Å². The van der Waals surface area contributed by atoms with Crippen LogP contribution in [-0.2, 0) is 9.59 Å². The van der Waals surface area contributed by atoms with Gasteiger partial charge in [0.05, 0.1) is 0 Å². The van der Waals surface area contributed by atoms with E-state index in [0.717, 1.165) is 18.4 Å². The van der Waals surface area contributed by atoms with Crippen LogP contribution in [0.15, 0.2) is 48.7 Å². The molecule has 28 heavy (non-hydrogen) atoms. The van der Waals surface area contributed by atoms with Crippen LogP contribution in [0.5, 0.6) is 5.75 Å². The third-order valence-electron chi connectivity index (χ3n) is 5.35. The Morgan fingerprint density at radius 3 is 2.71 bits per heavy atom. The van der Waals surface area contributed by atoms with E-state index in [1.165, 1.54) is 12.8 Å². The minimum Gasteiger partial charge on any atom is -0.472 e. The minimum absolute atomic E-state index is 0.0634. The molecule has 6 heteroatoms. The van der Waals surface area contributed by atoms with Crippen LogP contribution in [0.25, 0.3) is 0 Å². The average molecular weight is 379 g/mol. The summed E-state index contributed by atoms with van der Waals surface area (Å²) in [6.45, 7) is 0.438. The number of aromatic nitrogens is 1. The van der Waals surface area contributed by atoms with Gasteiger partial charge < -0.3 is 10.1 Å². The molecule has 1 saturated carbocycles. The second-order valence-electron chi connectivity index (χ2n) is 7.38. The van der Waals surface area contributed by atoms with Gasteiger partial charge in [0.1, 0.15) is 0 Å². The summed E-state index contributed by atoms with van der Waals surface area (Å²) in [4.78, 5) is 31.3. The van der Waals surface area contributed by atoms with E-state index in [1.54, 1.807) is 17.2 Å². The normalized spacial score (nSPS) is 19.2. The first-order chi connectivity index (χ1) is 13.7. The highest BCUT2D eigenvalue weighted by atomic mass is 16.5. The molecule has 2 heterocycles. The molecular weight excluding hydrogens is 354 g/mol. The molecule has 1 aromatic carbocycles. The summed E-state index contributed by atoms with van der Waals surface area (Å²) in [5.41, 5.74) is 0.811. The summed E-state index contributed by atoms with van der Waals surface area (Å²) >= 11 is 0. The summed E-state index contributed by atoms with van der Waals surface area (Å²) in [7, 11) is 0. The zero-order valence-corrected chi connectivity index (χ0v) is 15.8. The third-order valence-corrected chi connectivity index (χ3v) is 5.35. The van der Waals surface area contributed by atoms with Gasteiger partial charge in [-0.15, -0.1) is 0 Å². The molecule has 2 aliphatic rings. The van der Waals surface area contributed by atoms with Gasteiger partial charge in [-0.1, -0.05) is 43.2 Å². The summed E-state index contributed by atoms with van der Waals surface area (Å²) in [5.74, 6) is 1.03. The summed E-state index contributed by atoms with van der Waals surface area (Å²) < 4.78 is 5.94. The summed E-state index contributed by atoms with van der Waals surface area (Å²) in [6.07, 6.45) is 6.48. The van der Waals surface area contributed by atoms with Gasteiger partial charge in [-0.25, -0.2) is 4.98 Å². The van der Waals surface area contributed by atoms with Gasteiger partial charge >= 0.3 is 0 Å². The van der Waals surface area contributed by atoms with Crippen LogP contribution < -0.4 is 15.0 Å². The van der Waals surface area contributed by atoms with Crippen molar-refractivity contribution in [3.8, 4) is 5.75 Å². The topological polar surface area (TPSA) is 71.5 Å². The molecule has 146 valence electrons. The Morgan fingerprint density at radius 2 is 1.93 bits per heavy atom. The molecule has 1 atom stereocenters. The Hall–Kier alpha value is -2.89. The Kier molecular flexibility index (Phi) is 5.55. The molecule has 1 aliphatic heterocycles. The fourth-order valence-electron chi connectivity index (χ4n) is 3.92. The van der Waals surface area contributed by atoms with Crippen molar-refractivity contribution in [2.45, 2.75) is 50.7 Å². The molecule has 0 spiro atoms. The zero-order valence-electron chi connectivity index (χ0n) is 15.8. The number of ether oxygens (including phenoxy) is 1. The number of amides is 2. The molecule has 1 aliphatic carbocycles. The molecule has 1 N–H and O–H groups in total. The molecule has 1 unspecified atom stereocenters. The zero-order chi connectivity index (χ0) is 19.3. The molecule has 4 rings (SSSR count). The number of nitrogens with zero attached hydrogens (tertiary/aromatic N) is 2. The number of benzene rings is 1. The van der Waals surface area contributed by atoms with E-state index >= 15 is 0 Å². The van der Waals surface area contributed by atoms with Gasteiger partial charge in [0.25, 0.3) is 5.91 Å². The maximum atomic E-state index is 13.1. The van der Waals surface area contributed by atoms with Crippen LogP contribution in [0, 0.1) is 0 Å². The number of hydrogen-bond donors (Lipinski definition) is 1. The number of hydrogen-bond acceptors (Lipinski definition) is 4. The number of fused-ring (bicyclic) bond motifs is 1. The van der Waals surface area contributed by atoms with Crippen molar-refractivity contribution in [3.05, 3.63) is 54.2 Å². The SMILES string of the molecule is O=C(CCCN1C(=O)C(c2ccccc2)Oc2cccnc21)NC1CCCC1. The molecule has 1 fully saturated rings. The number of rotatable bonds is 6. The van der Waals surface area contributed by atoms with E-state index in [0.29, 0.717) is 37.0 Å². The molecule has 1 aromatic heterocycles. The predicted molar refractivity (Wildman–Crippen MR) is 106 cm³/mol. The first kappa shape index (κ1) is 18.5. The van der Waals surface area contributed by atoms with Gasteiger partial charge in [0, 0.05) is 30.8 Å². The van der Waals surface area contributed by atoms with Crippen molar-refractivity contribution < 1.29 is 14.3 Å². The van der Waals surface area contributed by atoms with Crippen molar-refractivity contribution >= 4 is 17.6 Å². The van der Waals surface area contributed by atoms with E-state index < -0.39 is 6.10 Å². The smallest absolute Gasteiger partial charge is 0.274 e. The molecule has 0 saturated heterocycles. The number of nitrogens with one attached hydrogen (secondary N) is 1. The van der Waals surface area contributed by atoms with Crippen LogP contribution in [0.1, 0.15) is 50.2 Å². The first-order valence-corrected chi connectivity index (χ1v) is 10.00. The maximum absolute atomic E-state index is 13.1. The predicted octanol–water partition coefficient (Wildman–Crippen LogP) is 3.39. The molecule has 0 radical (unpaired) electrons. The summed E-state index contributed by atoms with van der Waals surface area (Å²) in [6, 6.07) is 13.4. The fraction of sp³-hybridized carbons (Fsp3) is 0.409. The number of anilines is 1. The van der Waals surface area contributed by atoms with Crippen LogP contribution in [0.4, 0.5) is 5.82 Å². The molecule has 0 bridgehead atoms. The van der Waals surface area contributed by atoms with E-state index in [2.05, 4.69) is 10.3 Å². The van der Waals surface area contributed by atoms with Crippen LogP contribution in [0.2, 0.25) is 0 Å². The standard InChI is InChI=1S/C22H25N3O3/c26-19(24-17-10-4-5-11-17)13-7-15-25-21-18(12-6-14-23-21)28-20(22(25)27)16-8-2-1-3-9-16/h1-3,6,8-9,12,14,17,20H,4-5,7,10-11,13,15H2,(H,24,26). The Morgan fingerprint density at radius 1 is 1.14 bits per heavy atom. The van der Waals surface area contributed by atoms with Crippen molar-refractivity contribution in [2.75, 3.05) is 11.4 Å². The largest absolute Gasteiger partial charge is 0.472 e. The lowest BCUT2D eigenvalue weighted by Crippen LogP contribution is -2.42. The lowest BCUT2D eigenvalue weighted by molar-refractivity contribution is -0.127. The lowest BCUT2D eigenvalue weighted by atomic mass is 10.1. The highest BCUT2D eigenvalue weighted by Crippen LogP contribution is 2.37. The van der Waals surface area contributed by atoms with E-state index in [-0.39, 0.29) is 11.8 Å². The van der Waals surface area contributed by atoms with Gasteiger partial charge in [-0.3, -0.25) is 14.5 Å². The number of carbonyl (C=O) groups excluding carboxylic acids is 2. The van der Waals surface area contributed by atoms with Gasteiger partial charge in [0.15, 0.2) is 11.6 Å². The van der Waals surface area contributed by atoms with Crippen molar-refractivity contribution in [3.63, 3.8) is 0 Å². The first-order valence-electron chi connectivity index (χ1n) is 10.00. The Balaban J connectivity index is 1.44.